The quantitative estimate of drug-likeness (QED) is 0.0200. The van der Waals surface area contributed by atoms with Crippen LogP contribution in [0.15, 0.2) is 194 Å². The van der Waals surface area contributed by atoms with E-state index in [1.165, 1.54) is 25.7 Å². The van der Waals surface area contributed by atoms with E-state index in [4.69, 9.17) is 101 Å². The molecule has 8 aromatic heterocycles. The first-order valence-corrected chi connectivity index (χ1v) is 36.1. The van der Waals surface area contributed by atoms with Crippen molar-refractivity contribution < 1.29 is 36.8 Å². The Labute approximate surface area is 704 Å². The molecule has 0 aliphatic heterocycles. The SMILES string of the molecule is O.O.O.O=[N+]([O-])[O-].O=[N+]([O-])[O-].O=[N+]([O-])[O-].O=[N+]([O-])[O-].[Pb+2].[Pb+2].c1ccc2[nH]c(CN(Cc3nc4ccccc4[nH]3)[C@@H]3CCCC[C@H]3N(Cc3nc4ccccc4[nH]3)Cc3nc4ccccc4[nH]3)nc2c1.c1ccc2[nH]c(CN(Cc3nc4ccccc4[nH]3)[C@H]3CCCC[C@@H]3N(Cc3nc4ccccc4[nH]3)Cc3nc4ccccc4[nH]3)nc2c1. The van der Waals surface area contributed by atoms with Gasteiger partial charge in [-0.2, -0.15) is 0 Å². The molecule has 39 nitrogen and oxygen atoms in total. The summed E-state index contributed by atoms with van der Waals surface area (Å²) in [7, 11) is 0. The summed E-state index contributed by atoms with van der Waals surface area (Å²) < 4.78 is 0. The van der Waals surface area contributed by atoms with Crippen LogP contribution >= 0.6 is 0 Å². The van der Waals surface area contributed by atoms with Crippen LogP contribution in [0.25, 0.3) is 88.3 Å². The minimum Gasteiger partial charge on any atom is -0.412 e. The van der Waals surface area contributed by atoms with Gasteiger partial charge in [0.15, 0.2) is 0 Å². The standard InChI is InChI=1S/2C38H38N10.4NO3.3H2O.2Pb/c2*1-2-12-26-25(11-1)39-35(40-26)21-47(22-36-41-27-13-3-4-14-28(27)42-36)33-19-9-10-20-34(33)48(23-37-43-29-15-5-6-16-30(29)44-37)24-38-45-31-17-7-8-18-32(31)46-38;4*2-1(3)4;;;;;/h2*1-8,11-18,33-34H,9-10,19-24H2,(H,39,40)(H,41,42)(H,43,44)(H,45,46);;;;;3*1H2;;/q;;4*-1;;;;2*+2/t2*33-,34-;;;;;;;;;/m10........./s1. The van der Waals surface area contributed by atoms with Gasteiger partial charge >= 0.3 is 54.6 Å². The molecule has 18 rings (SSSR count). The van der Waals surface area contributed by atoms with E-state index in [9.17, 15) is 0 Å². The van der Waals surface area contributed by atoms with E-state index in [0.717, 1.165) is 161 Å². The third-order valence-electron chi connectivity index (χ3n) is 19.6. The van der Waals surface area contributed by atoms with Crippen LogP contribution in [0.2, 0.25) is 0 Å². The molecule has 8 aromatic carbocycles. The van der Waals surface area contributed by atoms with Crippen LogP contribution in [-0.2, 0) is 52.4 Å². The average Bonchev–Trinajstić information content (AvgIpc) is 1.72. The molecular weight excluding hydrogens is 1900 g/mol. The van der Waals surface area contributed by atoms with Gasteiger partial charge in [0.2, 0.25) is 0 Å². The fourth-order valence-electron chi connectivity index (χ4n) is 15.2. The molecule has 0 saturated heterocycles. The van der Waals surface area contributed by atoms with Crippen molar-refractivity contribution in [2.24, 2.45) is 0 Å². The van der Waals surface area contributed by atoms with Crippen molar-refractivity contribution in [1.29, 1.82) is 0 Å². The first kappa shape index (κ1) is 90.4. The number of para-hydroxylation sites is 16. The van der Waals surface area contributed by atoms with Gasteiger partial charge in [0.25, 0.3) is 0 Å². The number of nitrogens with zero attached hydrogens (tertiary/aromatic N) is 16. The Morgan fingerprint density at radius 1 is 0.239 bits per heavy atom. The summed E-state index contributed by atoms with van der Waals surface area (Å²) in [6.45, 7) is 5.52. The number of imidazole rings is 8. The number of rotatable bonds is 20. The normalized spacial score (nSPS) is 14.9. The fourth-order valence-corrected chi connectivity index (χ4v) is 15.2. The molecule has 4 radical (unpaired) electrons. The van der Waals surface area contributed by atoms with Gasteiger partial charge in [0.1, 0.15) is 46.6 Å². The van der Waals surface area contributed by atoms with E-state index in [1.807, 2.05) is 48.5 Å². The minimum atomic E-state index is -1.75. The van der Waals surface area contributed by atoms with Gasteiger partial charge in [0.05, 0.1) is 161 Å². The van der Waals surface area contributed by atoms with E-state index in [0.29, 0.717) is 52.4 Å². The zero-order chi connectivity index (χ0) is 78.0. The van der Waals surface area contributed by atoms with Crippen LogP contribution in [0.4, 0.5) is 0 Å². The summed E-state index contributed by atoms with van der Waals surface area (Å²) >= 11 is 0. The topological polar surface area (TPSA) is 602 Å². The van der Waals surface area contributed by atoms with E-state index in [1.54, 1.807) is 0 Å². The molecule has 2 aliphatic rings. The molecule has 16 aromatic rings. The zero-order valence-corrected chi connectivity index (χ0v) is 70.4. The fraction of sp³-hybridized carbons (Fsp3) is 0.263. The van der Waals surface area contributed by atoms with E-state index in [2.05, 4.69) is 205 Å². The maximum Gasteiger partial charge on any atom is 2.00 e. The van der Waals surface area contributed by atoms with Crippen LogP contribution in [0.1, 0.15) is 98.0 Å². The van der Waals surface area contributed by atoms with Crippen molar-refractivity contribution in [1.82, 2.24) is 99.3 Å². The van der Waals surface area contributed by atoms with Crippen molar-refractivity contribution in [2.75, 3.05) is 0 Å². The number of hydrogen-bond donors (Lipinski definition) is 8. The maximum atomic E-state index is 8.25. The second kappa shape index (κ2) is 43.0. The molecule has 0 spiro atoms. The predicted molar refractivity (Wildman–Crippen MR) is 442 cm³/mol. The van der Waals surface area contributed by atoms with Crippen LogP contribution in [0.5, 0.6) is 0 Å². The van der Waals surface area contributed by atoms with E-state index < -0.39 is 20.3 Å². The van der Waals surface area contributed by atoms with Crippen molar-refractivity contribution >= 4 is 143 Å². The van der Waals surface area contributed by atoms with Crippen molar-refractivity contribution in [3.8, 4) is 0 Å². The smallest absolute Gasteiger partial charge is 0.412 e. The van der Waals surface area contributed by atoms with Gasteiger partial charge in [-0.1, -0.05) is 123 Å². The first-order valence-electron chi connectivity index (χ1n) is 36.1. The van der Waals surface area contributed by atoms with Crippen LogP contribution < -0.4 is 0 Å². The zero-order valence-electron chi connectivity index (χ0n) is 62.7. The molecule has 0 bridgehead atoms. The number of aromatic nitrogens is 16. The summed E-state index contributed by atoms with van der Waals surface area (Å²) in [4.78, 5) is 112. The molecule has 2 saturated carbocycles. The average molecular weight is 1990 g/mol. The summed E-state index contributed by atoms with van der Waals surface area (Å²) in [6, 6.07) is 67.2. The second-order valence-electron chi connectivity index (χ2n) is 27.0. The Bertz CT molecular complexity index is 4560. The molecule has 0 amide bonds. The van der Waals surface area contributed by atoms with Gasteiger partial charge in [-0.25, -0.2) is 39.9 Å². The molecule has 117 heavy (non-hydrogen) atoms. The van der Waals surface area contributed by atoms with Gasteiger partial charge in [0, 0.05) is 24.2 Å². The van der Waals surface area contributed by atoms with Crippen molar-refractivity contribution in [2.45, 2.75) is 128 Å². The summed E-state index contributed by atoms with van der Waals surface area (Å²) in [5.41, 5.74) is 16.4. The Balaban J connectivity index is 0.000000238. The van der Waals surface area contributed by atoms with Crippen LogP contribution in [-0.4, -0.2) is 215 Å². The molecule has 2 fully saturated rings. The van der Waals surface area contributed by atoms with Gasteiger partial charge in [-0.3, -0.25) is 19.6 Å². The predicted octanol–water partition coefficient (Wildman–Crippen LogP) is 10.2. The summed E-state index contributed by atoms with van der Waals surface area (Å²) in [6.07, 6.45) is 9.07. The summed E-state index contributed by atoms with van der Waals surface area (Å²) in [5, 5.41) is 59.0. The number of aromatic amines is 8. The van der Waals surface area contributed by atoms with Gasteiger partial charge in [-0.05, 0) is 123 Å². The maximum absolute atomic E-state index is 8.25. The molecule has 14 N–H and O–H groups in total. The van der Waals surface area contributed by atoms with Crippen molar-refractivity contribution in [3.63, 3.8) is 0 Å². The molecular formula is C76H82N24O15Pb2. The number of nitrogens with one attached hydrogen (secondary N) is 8. The van der Waals surface area contributed by atoms with Crippen LogP contribution in [0, 0.1) is 61.3 Å². The molecule has 41 heteroatoms. The van der Waals surface area contributed by atoms with E-state index >= 15 is 0 Å². The Kier molecular flexibility index (Phi) is 33.2. The Morgan fingerprint density at radius 3 is 0.462 bits per heavy atom. The third-order valence-corrected chi connectivity index (χ3v) is 19.6. The molecule has 0 unspecified atom stereocenters. The van der Waals surface area contributed by atoms with E-state index in [-0.39, 0.29) is 95.2 Å². The first-order chi connectivity index (χ1) is 54.4. The third kappa shape index (κ3) is 24.5. The minimum absolute atomic E-state index is 0. The number of benzene rings is 8. The van der Waals surface area contributed by atoms with Crippen molar-refractivity contribution in [3.05, 3.63) is 302 Å². The largest absolute Gasteiger partial charge is 2.00 e. The van der Waals surface area contributed by atoms with Crippen LogP contribution in [0.3, 0.4) is 0 Å². The monoisotopic (exact) mass is 1990 g/mol. The molecule has 4 atom stereocenters. The summed E-state index contributed by atoms with van der Waals surface area (Å²) in [5.74, 6) is 7.76. The Morgan fingerprint density at radius 2 is 0.350 bits per heavy atom. The second-order valence-corrected chi connectivity index (χ2v) is 27.0. The Hall–Kier alpha value is -12.1. The number of fused-ring (bicyclic) bond motifs is 8. The number of H-pyrrole nitrogens is 8. The number of hydrogen-bond acceptors (Lipinski definition) is 24. The van der Waals surface area contributed by atoms with Gasteiger partial charge in [-0.15, -0.1) is 0 Å². The molecule has 604 valence electrons. The molecule has 8 heterocycles. The molecule has 2 aliphatic carbocycles. The van der Waals surface area contributed by atoms with Gasteiger partial charge < -0.3 is 118 Å².